The van der Waals surface area contributed by atoms with E-state index < -0.39 is 9.84 Å². The summed E-state index contributed by atoms with van der Waals surface area (Å²) in [4.78, 5) is 17.1. The van der Waals surface area contributed by atoms with Gasteiger partial charge >= 0.3 is 0 Å². The van der Waals surface area contributed by atoms with E-state index in [9.17, 15) is 13.2 Å². The molecule has 1 aromatic rings. The van der Waals surface area contributed by atoms with Crippen LogP contribution in [0.25, 0.3) is 0 Å². The largest absolute Gasteiger partial charge is 0.355 e. The molecule has 0 saturated heterocycles. The van der Waals surface area contributed by atoms with Gasteiger partial charge in [-0.2, -0.15) is 5.10 Å². The van der Waals surface area contributed by atoms with E-state index >= 15 is 0 Å². The van der Waals surface area contributed by atoms with Gasteiger partial charge in [0, 0.05) is 12.8 Å². The van der Waals surface area contributed by atoms with E-state index in [2.05, 4.69) is 15.4 Å². The van der Waals surface area contributed by atoms with Crippen molar-refractivity contribution in [2.45, 2.75) is 44.1 Å². The predicted molar refractivity (Wildman–Crippen MR) is 87.8 cm³/mol. The molecule has 4 fully saturated rings. The minimum absolute atomic E-state index is 0.00407. The lowest BCUT2D eigenvalue weighted by Gasteiger charge is -2.60. The van der Waals surface area contributed by atoms with Gasteiger partial charge in [0.1, 0.15) is 22.5 Å². The molecule has 0 aromatic carbocycles. The molecule has 1 amide bonds. The van der Waals surface area contributed by atoms with E-state index in [1.165, 1.54) is 12.7 Å². The number of rotatable bonds is 5. The molecule has 1 aromatic heterocycles. The van der Waals surface area contributed by atoms with Crippen LogP contribution in [-0.2, 0) is 20.2 Å². The van der Waals surface area contributed by atoms with Crippen molar-refractivity contribution in [1.82, 2.24) is 20.1 Å². The number of carbonyl (C=O) groups is 1. The SMILES string of the molecule is CS(=O)(=O)CCNC(=O)C12C[C@H]3C[C@@H](C1)CC(n1cncn1)(C3)C2. The second-order valence-corrected chi connectivity index (χ2v) is 10.5. The zero-order valence-electron chi connectivity index (χ0n) is 13.9. The Labute approximate surface area is 142 Å². The molecule has 4 aliphatic rings. The molecular weight excluding hydrogens is 328 g/mol. The Morgan fingerprint density at radius 2 is 2.00 bits per heavy atom. The highest BCUT2D eigenvalue weighted by molar-refractivity contribution is 7.90. The lowest BCUT2D eigenvalue weighted by atomic mass is 9.46. The fourth-order valence-corrected chi connectivity index (χ4v) is 6.21. The number of carbonyl (C=O) groups excluding carboxylic acids is 1. The van der Waals surface area contributed by atoms with Crippen molar-refractivity contribution in [3.05, 3.63) is 12.7 Å². The summed E-state index contributed by atoms with van der Waals surface area (Å²) in [5, 5.41) is 7.28. The molecule has 7 nitrogen and oxygen atoms in total. The molecule has 1 N–H and O–H groups in total. The van der Waals surface area contributed by atoms with Gasteiger partial charge in [-0.3, -0.25) is 4.79 Å². The first-order valence-corrected chi connectivity index (χ1v) is 10.7. The second-order valence-electron chi connectivity index (χ2n) is 8.19. The summed E-state index contributed by atoms with van der Waals surface area (Å²) in [5.41, 5.74) is -0.456. The van der Waals surface area contributed by atoms with Gasteiger partial charge in [0.05, 0.1) is 16.7 Å². The van der Waals surface area contributed by atoms with Crippen LogP contribution < -0.4 is 5.32 Å². The third kappa shape index (κ3) is 2.64. The third-order valence-corrected chi connectivity index (χ3v) is 7.12. The summed E-state index contributed by atoms with van der Waals surface area (Å²) in [6, 6.07) is 0. The van der Waals surface area contributed by atoms with Gasteiger partial charge < -0.3 is 5.32 Å². The molecule has 4 saturated carbocycles. The molecule has 132 valence electrons. The molecule has 0 aliphatic heterocycles. The highest BCUT2D eigenvalue weighted by atomic mass is 32.2. The van der Waals surface area contributed by atoms with E-state index in [4.69, 9.17) is 0 Å². The quantitative estimate of drug-likeness (QED) is 0.843. The van der Waals surface area contributed by atoms with Gasteiger partial charge in [-0.15, -0.1) is 0 Å². The van der Waals surface area contributed by atoms with E-state index in [0.29, 0.717) is 11.8 Å². The molecule has 0 radical (unpaired) electrons. The molecule has 24 heavy (non-hydrogen) atoms. The maximum Gasteiger partial charge on any atom is 0.226 e. The fraction of sp³-hybridized carbons (Fsp3) is 0.812. The fourth-order valence-electron chi connectivity index (χ4n) is 5.74. The molecular formula is C16H24N4O3S. The zero-order valence-corrected chi connectivity index (χ0v) is 14.8. The Hall–Kier alpha value is -1.44. The van der Waals surface area contributed by atoms with Crippen molar-refractivity contribution in [2.75, 3.05) is 18.6 Å². The van der Waals surface area contributed by atoms with Crippen LogP contribution in [0.15, 0.2) is 12.7 Å². The van der Waals surface area contributed by atoms with Crippen molar-refractivity contribution in [2.24, 2.45) is 17.3 Å². The molecule has 4 aliphatic carbocycles. The average Bonchev–Trinajstić information content (AvgIpc) is 2.99. The number of nitrogens with zero attached hydrogens (tertiary/aromatic N) is 3. The van der Waals surface area contributed by atoms with E-state index in [1.807, 2.05) is 4.68 Å². The van der Waals surface area contributed by atoms with Crippen LogP contribution in [0.5, 0.6) is 0 Å². The highest BCUT2D eigenvalue weighted by Gasteiger charge is 2.61. The summed E-state index contributed by atoms with van der Waals surface area (Å²) in [5.74, 6) is 1.13. The van der Waals surface area contributed by atoms with Gasteiger partial charge in [0.2, 0.25) is 5.91 Å². The zero-order chi connectivity index (χ0) is 17.0. The van der Waals surface area contributed by atoms with Gasteiger partial charge in [-0.1, -0.05) is 0 Å². The number of sulfone groups is 1. The maximum atomic E-state index is 12.9. The van der Waals surface area contributed by atoms with Crippen molar-refractivity contribution >= 4 is 15.7 Å². The highest BCUT2D eigenvalue weighted by Crippen LogP contribution is 2.64. The second kappa shape index (κ2) is 5.28. The summed E-state index contributed by atoms with van der Waals surface area (Å²) in [7, 11) is -3.06. The Kier molecular flexibility index (Phi) is 3.53. The number of hydrogen-bond acceptors (Lipinski definition) is 5. The molecule has 2 unspecified atom stereocenters. The van der Waals surface area contributed by atoms with Crippen LogP contribution in [0.2, 0.25) is 0 Å². The third-order valence-electron chi connectivity index (χ3n) is 6.18. The van der Waals surface area contributed by atoms with E-state index in [0.717, 1.165) is 32.1 Å². The predicted octanol–water partition coefficient (Wildman–Crippen LogP) is 0.734. The molecule has 0 spiro atoms. The first-order chi connectivity index (χ1) is 11.3. The minimum Gasteiger partial charge on any atom is -0.355 e. The number of nitrogens with one attached hydrogen (secondary N) is 1. The van der Waals surface area contributed by atoms with Crippen LogP contribution in [0.4, 0.5) is 0 Å². The molecule has 8 heteroatoms. The summed E-state index contributed by atoms with van der Waals surface area (Å²) >= 11 is 0. The van der Waals surface area contributed by atoms with Crippen molar-refractivity contribution in [1.29, 1.82) is 0 Å². The first-order valence-electron chi connectivity index (χ1n) is 8.62. The summed E-state index contributed by atoms with van der Waals surface area (Å²) < 4.78 is 24.6. The van der Waals surface area contributed by atoms with Crippen LogP contribution in [0, 0.1) is 17.3 Å². The van der Waals surface area contributed by atoms with Gasteiger partial charge in [0.15, 0.2) is 0 Å². The normalized spacial score (nSPS) is 37.5. The minimum atomic E-state index is -3.06. The Morgan fingerprint density at radius 3 is 2.58 bits per heavy atom. The summed E-state index contributed by atoms with van der Waals surface area (Å²) in [6.07, 6.45) is 10.5. The molecule has 4 atom stereocenters. The van der Waals surface area contributed by atoms with Crippen molar-refractivity contribution in [3.63, 3.8) is 0 Å². The van der Waals surface area contributed by atoms with E-state index in [-0.39, 0.29) is 29.2 Å². The monoisotopic (exact) mass is 352 g/mol. The van der Waals surface area contributed by atoms with Gasteiger partial charge in [-0.25, -0.2) is 18.1 Å². The topological polar surface area (TPSA) is 94.0 Å². The standard InChI is InChI=1S/C16H24N4O3S/c1-24(22,23)3-2-18-14(21)15-5-12-4-13(6-15)8-16(7-12,9-15)20-11-17-10-19-20/h10-13H,2-9H2,1H3,(H,18,21)/t12-,13+,15?,16?. The Balaban J connectivity index is 1.56. The molecule has 1 heterocycles. The number of amides is 1. The lowest BCUT2D eigenvalue weighted by Crippen LogP contribution is -2.61. The van der Waals surface area contributed by atoms with Gasteiger partial charge in [-0.05, 0) is 50.4 Å². The Bertz CT molecular complexity index is 729. The van der Waals surface area contributed by atoms with Crippen LogP contribution in [-0.4, -0.2) is 47.6 Å². The first kappa shape index (κ1) is 16.1. The number of hydrogen-bond donors (Lipinski definition) is 1. The molecule has 5 rings (SSSR count). The van der Waals surface area contributed by atoms with Crippen LogP contribution in [0.3, 0.4) is 0 Å². The van der Waals surface area contributed by atoms with E-state index in [1.54, 1.807) is 12.7 Å². The lowest BCUT2D eigenvalue weighted by molar-refractivity contribution is -0.155. The van der Waals surface area contributed by atoms with Crippen molar-refractivity contribution in [3.8, 4) is 0 Å². The number of aromatic nitrogens is 3. The Morgan fingerprint density at radius 1 is 1.29 bits per heavy atom. The average molecular weight is 352 g/mol. The van der Waals surface area contributed by atoms with Crippen LogP contribution >= 0.6 is 0 Å². The maximum absolute atomic E-state index is 12.9. The smallest absolute Gasteiger partial charge is 0.226 e. The van der Waals surface area contributed by atoms with Crippen LogP contribution in [0.1, 0.15) is 38.5 Å². The van der Waals surface area contributed by atoms with Gasteiger partial charge in [0.25, 0.3) is 0 Å². The molecule has 4 bridgehead atoms. The summed E-state index contributed by atoms with van der Waals surface area (Å²) in [6.45, 7) is 0.199. The van der Waals surface area contributed by atoms with Crippen molar-refractivity contribution < 1.29 is 13.2 Å².